The van der Waals surface area contributed by atoms with Crippen LogP contribution in [0.5, 0.6) is 0 Å². The van der Waals surface area contributed by atoms with Gasteiger partial charge in [-0.2, -0.15) is 0 Å². The van der Waals surface area contributed by atoms with Gasteiger partial charge in [0.05, 0.1) is 18.8 Å². The molecule has 0 saturated carbocycles. The maximum Gasteiger partial charge on any atom is 0.187 e. The summed E-state index contributed by atoms with van der Waals surface area (Å²) in [4.78, 5) is 0. The van der Waals surface area contributed by atoms with E-state index in [1.807, 2.05) is 31.2 Å². The van der Waals surface area contributed by atoms with Gasteiger partial charge in [0, 0.05) is 0 Å². The topological polar surface area (TPSA) is 179 Å². The van der Waals surface area contributed by atoms with Crippen molar-refractivity contribution in [2.45, 2.75) is 101 Å². The molecule has 2 heterocycles. The molecule has 2 saturated heterocycles. The van der Waals surface area contributed by atoms with E-state index in [1.54, 1.807) is 13.8 Å². The van der Waals surface area contributed by atoms with Gasteiger partial charge in [0.1, 0.15) is 48.8 Å². The third kappa shape index (κ3) is 7.26. The molecule has 7 N–H and O–H groups in total. The molecule has 2 aliphatic heterocycles. The molecule has 192 valence electrons. The fraction of sp³-hybridized carbons (Fsp3) is 0.818. The standard InChI is InChI=1S/C22H38O11/c1-4-5-6-7-8-9-22(2,3)33-21-18(29)16(27)19(13(11-24)31-21)32-20-17(28)15(26)14(25)12(10-23)30-20/h4-5,8-9,12-21,23-29H,6-7,10-11H2,1-3H3/t12-,13-,14-,15+,16-,17-,18-,19-,20?,21?/m1/s1. The number of unbranched alkanes of at least 4 members (excludes halogenated alkanes) is 1. The molecule has 0 bridgehead atoms. The minimum absolute atomic E-state index is 0.620. The number of aliphatic hydroxyl groups excluding tert-OH is 7. The van der Waals surface area contributed by atoms with Gasteiger partial charge >= 0.3 is 0 Å². The molecule has 2 fully saturated rings. The first-order valence-electron chi connectivity index (χ1n) is 11.1. The number of allylic oxidation sites excluding steroid dienone is 3. The molecule has 2 rings (SSSR count). The lowest BCUT2D eigenvalue weighted by Gasteiger charge is -2.46. The van der Waals surface area contributed by atoms with E-state index in [1.165, 1.54) is 0 Å². The van der Waals surface area contributed by atoms with Crippen molar-refractivity contribution < 1.29 is 54.7 Å². The van der Waals surface area contributed by atoms with Crippen molar-refractivity contribution in [1.82, 2.24) is 0 Å². The maximum atomic E-state index is 10.7. The highest BCUT2D eigenvalue weighted by Crippen LogP contribution is 2.31. The molecule has 0 aliphatic carbocycles. The van der Waals surface area contributed by atoms with E-state index in [4.69, 9.17) is 18.9 Å². The highest BCUT2D eigenvalue weighted by atomic mass is 16.7. The van der Waals surface area contributed by atoms with Crippen LogP contribution in [0.2, 0.25) is 0 Å². The molecule has 2 aliphatic rings. The minimum atomic E-state index is -1.72. The van der Waals surface area contributed by atoms with Crippen molar-refractivity contribution in [1.29, 1.82) is 0 Å². The van der Waals surface area contributed by atoms with Gasteiger partial charge in [-0.3, -0.25) is 0 Å². The van der Waals surface area contributed by atoms with E-state index in [9.17, 15) is 35.7 Å². The first kappa shape index (κ1) is 28.3. The minimum Gasteiger partial charge on any atom is -0.394 e. The molecule has 0 amide bonds. The summed E-state index contributed by atoms with van der Waals surface area (Å²) < 4.78 is 22.3. The van der Waals surface area contributed by atoms with Crippen molar-refractivity contribution >= 4 is 0 Å². The predicted molar refractivity (Wildman–Crippen MR) is 115 cm³/mol. The molecule has 0 aromatic heterocycles. The summed E-state index contributed by atoms with van der Waals surface area (Å²) in [5.41, 5.74) is -0.855. The molecule has 2 unspecified atom stereocenters. The zero-order valence-corrected chi connectivity index (χ0v) is 19.2. The largest absolute Gasteiger partial charge is 0.394 e. The van der Waals surface area contributed by atoms with Crippen LogP contribution in [0.3, 0.4) is 0 Å². The Labute approximate surface area is 193 Å². The summed E-state index contributed by atoms with van der Waals surface area (Å²) in [5.74, 6) is 0. The lowest BCUT2D eigenvalue weighted by atomic mass is 9.96. The van der Waals surface area contributed by atoms with Gasteiger partial charge in [-0.05, 0) is 33.6 Å². The molecule has 10 atom stereocenters. The van der Waals surface area contributed by atoms with Crippen LogP contribution in [0.25, 0.3) is 0 Å². The SMILES string of the molecule is CC=CCCC=CC(C)(C)OC1O[C@H](CO)[C@@H](OC2O[C@H](CO)[C@@H](O)[C@H](O)[C@H]2O)[C@H](O)[C@H]1O. The van der Waals surface area contributed by atoms with Crippen LogP contribution in [0.1, 0.15) is 33.6 Å². The Morgan fingerprint density at radius 2 is 1.33 bits per heavy atom. The van der Waals surface area contributed by atoms with Crippen molar-refractivity contribution in [2.24, 2.45) is 0 Å². The van der Waals surface area contributed by atoms with Crippen molar-refractivity contribution in [3.63, 3.8) is 0 Å². The highest BCUT2D eigenvalue weighted by Gasteiger charge is 2.51. The van der Waals surface area contributed by atoms with Gasteiger partial charge in [0.25, 0.3) is 0 Å². The monoisotopic (exact) mass is 478 g/mol. The molecule has 0 spiro atoms. The van der Waals surface area contributed by atoms with Gasteiger partial charge in [0.15, 0.2) is 12.6 Å². The Kier molecular flexibility index (Phi) is 10.8. The molecule has 11 nitrogen and oxygen atoms in total. The molecular weight excluding hydrogens is 440 g/mol. The second-order valence-electron chi connectivity index (χ2n) is 8.77. The second kappa shape index (κ2) is 12.7. The van der Waals surface area contributed by atoms with Crippen LogP contribution < -0.4 is 0 Å². The van der Waals surface area contributed by atoms with E-state index in [2.05, 4.69) is 0 Å². The van der Waals surface area contributed by atoms with E-state index in [0.29, 0.717) is 0 Å². The number of aliphatic hydroxyl groups is 7. The molecular formula is C22H38O11. The van der Waals surface area contributed by atoms with E-state index in [-0.39, 0.29) is 0 Å². The van der Waals surface area contributed by atoms with Crippen LogP contribution in [0.15, 0.2) is 24.3 Å². The number of ether oxygens (including phenoxy) is 4. The quantitative estimate of drug-likeness (QED) is 0.141. The normalized spacial score (nSPS) is 40.7. The third-order valence-corrected chi connectivity index (χ3v) is 5.64. The number of rotatable bonds is 10. The van der Waals surface area contributed by atoms with Crippen LogP contribution in [-0.2, 0) is 18.9 Å². The summed E-state index contributed by atoms with van der Waals surface area (Å²) in [5, 5.41) is 70.4. The summed E-state index contributed by atoms with van der Waals surface area (Å²) in [6, 6.07) is 0. The van der Waals surface area contributed by atoms with Crippen LogP contribution in [0, 0.1) is 0 Å². The molecule has 33 heavy (non-hydrogen) atoms. The lowest BCUT2D eigenvalue weighted by Crippen LogP contribution is -2.65. The third-order valence-electron chi connectivity index (χ3n) is 5.64. The number of hydrogen-bond donors (Lipinski definition) is 7. The van der Waals surface area contributed by atoms with Gasteiger partial charge in [-0.15, -0.1) is 0 Å². The Morgan fingerprint density at radius 3 is 1.94 bits per heavy atom. The van der Waals surface area contributed by atoms with Crippen molar-refractivity contribution in [3.05, 3.63) is 24.3 Å². The molecule has 0 radical (unpaired) electrons. The zero-order valence-electron chi connectivity index (χ0n) is 19.2. The smallest absolute Gasteiger partial charge is 0.187 e. The second-order valence-corrected chi connectivity index (χ2v) is 8.77. The fourth-order valence-electron chi connectivity index (χ4n) is 3.72. The van der Waals surface area contributed by atoms with Crippen molar-refractivity contribution in [2.75, 3.05) is 13.2 Å². The Balaban J connectivity index is 2.06. The Hall–Kier alpha value is -0.960. The van der Waals surface area contributed by atoms with Gasteiger partial charge < -0.3 is 54.7 Å². The van der Waals surface area contributed by atoms with Crippen LogP contribution >= 0.6 is 0 Å². The van der Waals surface area contributed by atoms with E-state index >= 15 is 0 Å². The van der Waals surface area contributed by atoms with E-state index < -0.39 is 80.2 Å². The summed E-state index contributed by atoms with van der Waals surface area (Å²) in [7, 11) is 0. The van der Waals surface area contributed by atoms with Gasteiger partial charge in [-0.1, -0.05) is 24.3 Å². The first-order valence-corrected chi connectivity index (χ1v) is 11.1. The summed E-state index contributed by atoms with van der Waals surface area (Å²) in [6.45, 7) is 4.17. The van der Waals surface area contributed by atoms with Gasteiger partial charge in [-0.25, -0.2) is 0 Å². The van der Waals surface area contributed by atoms with Crippen LogP contribution in [-0.4, -0.2) is 116 Å². The molecule has 0 aromatic carbocycles. The molecule has 11 heteroatoms. The maximum absolute atomic E-state index is 10.7. The number of hydrogen-bond acceptors (Lipinski definition) is 11. The zero-order chi connectivity index (χ0) is 24.8. The first-order chi connectivity index (χ1) is 15.6. The van der Waals surface area contributed by atoms with Crippen LogP contribution in [0.4, 0.5) is 0 Å². The van der Waals surface area contributed by atoms with Gasteiger partial charge in [0.2, 0.25) is 0 Å². The fourth-order valence-corrected chi connectivity index (χ4v) is 3.72. The summed E-state index contributed by atoms with van der Waals surface area (Å²) in [6.07, 6.45) is -5.39. The predicted octanol–water partition coefficient (Wildman–Crippen LogP) is -1.68. The lowest BCUT2D eigenvalue weighted by molar-refractivity contribution is -0.365. The summed E-state index contributed by atoms with van der Waals surface area (Å²) >= 11 is 0. The van der Waals surface area contributed by atoms with E-state index in [0.717, 1.165) is 12.8 Å². The Morgan fingerprint density at radius 1 is 0.758 bits per heavy atom. The average molecular weight is 479 g/mol. The molecule has 0 aromatic rings. The average Bonchev–Trinajstić information content (AvgIpc) is 2.78. The highest BCUT2D eigenvalue weighted by molar-refractivity contribution is 5.00. The Bertz CT molecular complexity index is 636. The van der Waals surface area contributed by atoms with Crippen molar-refractivity contribution in [3.8, 4) is 0 Å².